The highest BCUT2D eigenvalue weighted by molar-refractivity contribution is 6.32. The van der Waals surface area contributed by atoms with Crippen LogP contribution in [0.3, 0.4) is 0 Å². The van der Waals surface area contributed by atoms with Gasteiger partial charge in [0.2, 0.25) is 0 Å². The molecule has 0 aliphatic carbocycles. The Bertz CT molecular complexity index is 678. The van der Waals surface area contributed by atoms with E-state index in [1.807, 2.05) is 6.20 Å². The van der Waals surface area contributed by atoms with E-state index in [1.54, 1.807) is 10.7 Å². The Labute approximate surface area is 146 Å². The highest BCUT2D eigenvalue weighted by Gasteiger charge is 2.32. The minimum atomic E-state index is -0.368. The van der Waals surface area contributed by atoms with E-state index in [2.05, 4.69) is 22.1 Å². The summed E-state index contributed by atoms with van der Waals surface area (Å²) >= 11 is 6.05. The fraction of sp³-hybridized carbons (Fsp3) is 0.467. The molecule has 8 heteroatoms. The summed E-state index contributed by atoms with van der Waals surface area (Å²) < 4.78 is 14.7. The molecule has 23 heavy (non-hydrogen) atoms. The first-order valence-corrected chi connectivity index (χ1v) is 7.66. The van der Waals surface area contributed by atoms with E-state index in [-0.39, 0.29) is 23.6 Å². The van der Waals surface area contributed by atoms with Gasteiger partial charge in [0.05, 0.1) is 22.6 Å². The van der Waals surface area contributed by atoms with Crippen molar-refractivity contribution in [1.82, 2.24) is 19.9 Å². The van der Waals surface area contributed by atoms with Gasteiger partial charge in [-0.3, -0.25) is 4.90 Å². The van der Waals surface area contributed by atoms with Gasteiger partial charge in [0.15, 0.2) is 0 Å². The fourth-order valence-corrected chi connectivity index (χ4v) is 3.07. The molecule has 2 N–H and O–H groups in total. The quantitative estimate of drug-likeness (QED) is 0.911. The van der Waals surface area contributed by atoms with Crippen LogP contribution in [0.4, 0.5) is 4.39 Å². The van der Waals surface area contributed by atoms with Gasteiger partial charge in [-0.2, -0.15) is 0 Å². The summed E-state index contributed by atoms with van der Waals surface area (Å²) in [7, 11) is 0. The van der Waals surface area contributed by atoms with Crippen molar-refractivity contribution in [2.45, 2.75) is 19.9 Å². The minimum Gasteiger partial charge on any atom is -0.330 e. The molecule has 5 nitrogen and oxygen atoms in total. The molecule has 0 saturated carbocycles. The molecule has 0 bridgehead atoms. The van der Waals surface area contributed by atoms with Crippen molar-refractivity contribution in [3.8, 4) is 5.69 Å². The molecular weight excluding hydrogens is 340 g/mol. The molecule has 1 fully saturated rings. The maximum Gasteiger partial charge on any atom is 0.124 e. The molecule has 1 aliphatic rings. The van der Waals surface area contributed by atoms with Gasteiger partial charge >= 0.3 is 0 Å². The average molecular weight is 360 g/mol. The Hall–Kier alpha value is -1.21. The van der Waals surface area contributed by atoms with Crippen LogP contribution in [-0.2, 0) is 6.54 Å². The summed E-state index contributed by atoms with van der Waals surface area (Å²) in [4.78, 5) is 2.33. The number of likely N-dealkylation sites (tertiary alicyclic amines) is 1. The Balaban J connectivity index is 0.00000192. The normalized spacial score (nSPS) is 21.4. The number of halogens is 3. The summed E-state index contributed by atoms with van der Waals surface area (Å²) in [6.45, 7) is 5.61. The smallest absolute Gasteiger partial charge is 0.124 e. The molecule has 1 aliphatic heterocycles. The van der Waals surface area contributed by atoms with Crippen LogP contribution in [0.5, 0.6) is 0 Å². The molecule has 1 saturated heterocycles. The molecule has 2 aromatic rings. The first-order chi connectivity index (χ1) is 10.5. The van der Waals surface area contributed by atoms with E-state index < -0.39 is 0 Å². The molecule has 3 rings (SSSR count). The van der Waals surface area contributed by atoms with Crippen LogP contribution in [0.2, 0.25) is 5.02 Å². The Morgan fingerprint density at radius 1 is 1.43 bits per heavy atom. The molecule has 1 atom stereocenters. The average Bonchev–Trinajstić information content (AvgIpc) is 3.07. The van der Waals surface area contributed by atoms with E-state index in [0.29, 0.717) is 17.3 Å². The summed E-state index contributed by atoms with van der Waals surface area (Å²) in [6.07, 6.45) is 2.93. The number of aromatic nitrogens is 3. The first-order valence-electron chi connectivity index (χ1n) is 7.28. The van der Waals surface area contributed by atoms with Gasteiger partial charge in [-0.15, -0.1) is 17.5 Å². The standard InChI is InChI=1S/C15H19ClFN5.ClH/c1-15(9-18)4-5-21(10-15)7-12-8-22(20-19-12)14-3-2-11(17)6-13(14)16;/h2-3,6,8H,4-5,7,9-10,18H2,1H3;1H. The lowest BCUT2D eigenvalue weighted by molar-refractivity contribution is 0.272. The molecule has 0 radical (unpaired) electrons. The highest BCUT2D eigenvalue weighted by Crippen LogP contribution is 2.29. The van der Waals surface area contributed by atoms with Gasteiger partial charge in [0, 0.05) is 13.1 Å². The van der Waals surface area contributed by atoms with Crippen LogP contribution < -0.4 is 5.73 Å². The summed E-state index contributed by atoms with van der Waals surface area (Å²) in [5, 5.41) is 8.58. The number of hydrogen-bond donors (Lipinski definition) is 1. The van der Waals surface area contributed by atoms with E-state index in [1.165, 1.54) is 12.1 Å². The largest absolute Gasteiger partial charge is 0.330 e. The van der Waals surface area contributed by atoms with Gasteiger partial charge < -0.3 is 5.73 Å². The van der Waals surface area contributed by atoms with E-state index >= 15 is 0 Å². The van der Waals surface area contributed by atoms with Crippen molar-refractivity contribution in [1.29, 1.82) is 0 Å². The topological polar surface area (TPSA) is 60.0 Å². The predicted octanol–water partition coefficient (Wildman–Crippen LogP) is 2.65. The monoisotopic (exact) mass is 359 g/mol. The minimum absolute atomic E-state index is 0. The Morgan fingerprint density at radius 2 is 2.22 bits per heavy atom. The van der Waals surface area contributed by atoms with Crippen molar-refractivity contribution in [3.63, 3.8) is 0 Å². The molecular formula is C15H20Cl2FN5. The Morgan fingerprint density at radius 3 is 2.87 bits per heavy atom. The fourth-order valence-electron chi connectivity index (χ4n) is 2.81. The lowest BCUT2D eigenvalue weighted by atomic mass is 9.90. The predicted molar refractivity (Wildman–Crippen MR) is 90.6 cm³/mol. The first kappa shape index (κ1) is 18.1. The van der Waals surface area contributed by atoms with E-state index in [9.17, 15) is 4.39 Å². The van der Waals surface area contributed by atoms with Crippen LogP contribution in [0.25, 0.3) is 5.69 Å². The molecule has 0 spiro atoms. The zero-order chi connectivity index (χ0) is 15.7. The molecule has 1 unspecified atom stereocenters. The van der Waals surface area contributed by atoms with Gasteiger partial charge in [0.1, 0.15) is 5.82 Å². The van der Waals surface area contributed by atoms with E-state index in [0.717, 1.165) is 31.7 Å². The van der Waals surface area contributed by atoms with Crippen molar-refractivity contribution < 1.29 is 4.39 Å². The molecule has 1 aromatic heterocycles. The molecule has 126 valence electrons. The number of rotatable bonds is 4. The summed E-state index contributed by atoms with van der Waals surface area (Å²) in [5.74, 6) is -0.368. The van der Waals surface area contributed by atoms with Crippen molar-refractivity contribution in [2.75, 3.05) is 19.6 Å². The second-order valence-electron chi connectivity index (χ2n) is 6.23. The maximum atomic E-state index is 13.1. The van der Waals surface area contributed by atoms with Crippen molar-refractivity contribution in [3.05, 3.63) is 40.9 Å². The van der Waals surface area contributed by atoms with Crippen LogP contribution in [-0.4, -0.2) is 39.5 Å². The van der Waals surface area contributed by atoms with Gasteiger partial charge in [0.25, 0.3) is 0 Å². The Kier molecular flexibility index (Phi) is 5.62. The van der Waals surface area contributed by atoms with Gasteiger partial charge in [-0.05, 0) is 43.1 Å². The van der Waals surface area contributed by atoms with Crippen molar-refractivity contribution >= 4 is 24.0 Å². The highest BCUT2D eigenvalue weighted by atomic mass is 35.5. The van der Waals surface area contributed by atoms with Gasteiger partial charge in [-0.25, -0.2) is 9.07 Å². The summed E-state index contributed by atoms with van der Waals surface area (Å²) in [5.41, 5.74) is 7.50. The number of benzene rings is 1. The zero-order valence-electron chi connectivity index (χ0n) is 12.9. The summed E-state index contributed by atoms with van der Waals surface area (Å²) in [6, 6.07) is 4.22. The molecule has 0 amide bonds. The van der Waals surface area contributed by atoms with Crippen LogP contribution in [0.15, 0.2) is 24.4 Å². The lowest BCUT2D eigenvalue weighted by Crippen LogP contribution is -2.31. The van der Waals surface area contributed by atoms with Crippen LogP contribution in [0, 0.1) is 11.2 Å². The molecule has 2 heterocycles. The number of nitrogens with zero attached hydrogens (tertiary/aromatic N) is 4. The SMILES string of the molecule is CC1(CN)CCN(Cc2cn(-c3ccc(F)cc3Cl)nn2)C1.Cl. The van der Waals surface area contributed by atoms with Gasteiger partial charge in [-0.1, -0.05) is 23.7 Å². The second-order valence-corrected chi connectivity index (χ2v) is 6.63. The second kappa shape index (κ2) is 7.13. The number of hydrogen-bond acceptors (Lipinski definition) is 4. The lowest BCUT2D eigenvalue weighted by Gasteiger charge is -2.21. The van der Waals surface area contributed by atoms with Crippen LogP contribution >= 0.6 is 24.0 Å². The third-order valence-corrected chi connectivity index (χ3v) is 4.52. The maximum absolute atomic E-state index is 13.1. The third-order valence-electron chi connectivity index (χ3n) is 4.21. The van der Waals surface area contributed by atoms with Crippen LogP contribution in [0.1, 0.15) is 19.0 Å². The third kappa shape index (κ3) is 4.01. The van der Waals surface area contributed by atoms with Crippen molar-refractivity contribution in [2.24, 2.45) is 11.1 Å². The molecule has 1 aromatic carbocycles. The number of nitrogens with two attached hydrogens (primary N) is 1. The zero-order valence-corrected chi connectivity index (χ0v) is 14.4. The van der Waals surface area contributed by atoms with E-state index in [4.69, 9.17) is 17.3 Å².